The van der Waals surface area contributed by atoms with Gasteiger partial charge >= 0.3 is 0 Å². The second-order valence-electron chi connectivity index (χ2n) is 6.72. The number of hydrogen-bond donors (Lipinski definition) is 1. The van der Waals surface area contributed by atoms with Crippen molar-refractivity contribution >= 4 is 5.91 Å². The number of carbonyl (C=O) groups is 1. The van der Waals surface area contributed by atoms with Gasteiger partial charge in [0.15, 0.2) is 0 Å². The van der Waals surface area contributed by atoms with Crippen LogP contribution >= 0.6 is 0 Å². The summed E-state index contributed by atoms with van der Waals surface area (Å²) in [6.07, 6.45) is 4.39. The zero-order valence-corrected chi connectivity index (χ0v) is 16.0. The Balaban J connectivity index is 1.78. The molecule has 27 heavy (non-hydrogen) atoms. The van der Waals surface area contributed by atoms with E-state index in [9.17, 15) is 9.18 Å². The highest BCUT2D eigenvalue weighted by Gasteiger charge is 2.21. The Bertz CT molecular complexity index is 959. The smallest absolute Gasteiger partial charge is 0.221 e. The van der Waals surface area contributed by atoms with Crippen molar-refractivity contribution < 1.29 is 9.18 Å². The molecule has 1 aromatic carbocycles. The molecule has 3 rings (SSSR count). The number of halogens is 1. The molecule has 0 saturated heterocycles. The summed E-state index contributed by atoms with van der Waals surface area (Å²) in [7, 11) is 3.75. The minimum Gasteiger partial charge on any atom is -0.342 e. The van der Waals surface area contributed by atoms with Crippen molar-refractivity contribution in [3.05, 3.63) is 70.8 Å². The lowest BCUT2D eigenvalue weighted by molar-refractivity contribution is -0.121. The van der Waals surface area contributed by atoms with E-state index < -0.39 is 6.04 Å². The van der Waals surface area contributed by atoms with Gasteiger partial charge in [-0.1, -0.05) is 12.1 Å². The number of rotatable bonds is 6. The number of nitrogens with zero attached hydrogens (tertiary/aromatic N) is 4. The van der Waals surface area contributed by atoms with Crippen LogP contribution < -0.4 is 5.32 Å². The highest BCUT2D eigenvalue weighted by atomic mass is 19.1. The van der Waals surface area contributed by atoms with Crippen molar-refractivity contribution in [2.24, 2.45) is 14.1 Å². The molecule has 142 valence electrons. The molecule has 0 spiro atoms. The highest BCUT2D eigenvalue weighted by Crippen LogP contribution is 2.22. The summed E-state index contributed by atoms with van der Waals surface area (Å²) in [5, 5.41) is 7.39. The van der Waals surface area contributed by atoms with E-state index in [1.165, 1.54) is 12.1 Å². The largest absolute Gasteiger partial charge is 0.342 e. The molecule has 2 aromatic heterocycles. The van der Waals surface area contributed by atoms with Crippen LogP contribution in [0.3, 0.4) is 0 Å². The molecule has 6 nitrogen and oxygen atoms in total. The number of amides is 1. The van der Waals surface area contributed by atoms with E-state index in [4.69, 9.17) is 0 Å². The zero-order chi connectivity index (χ0) is 19.6. The molecule has 0 aliphatic rings. The fourth-order valence-corrected chi connectivity index (χ4v) is 3.29. The van der Waals surface area contributed by atoms with E-state index in [0.717, 1.165) is 17.0 Å². The summed E-state index contributed by atoms with van der Waals surface area (Å²) < 4.78 is 17.4. The highest BCUT2D eigenvalue weighted by molar-refractivity contribution is 5.77. The van der Waals surface area contributed by atoms with Crippen molar-refractivity contribution in [2.45, 2.75) is 32.7 Å². The van der Waals surface area contributed by atoms with Gasteiger partial charge < -0.3 is 9.88 Å². The molecular formula is C20H24FN5O. The summed E-state index contributed by atoms with van der Waals surface area (Å²) in [6, 6.07) is 5.72. The van der Waals surface area contributed by atoms with E-state index in [0.29, 0.717) is 24.2 Å². The Morgan fingerprint density at radius 2 is 2.07 bits per heavy atom. The van der Waals surface area contributed by atoms with Gasteiger partial charge in [0.05, 0.1) is 5.69 Å². The Morgan fingerprint density at radius 1 is 1.30 bits per heavy atom. The fraction of sp³-hybridized carbons (Fsp3) is 0.350. The van der Waals surface area contributed by atoms with Crippen LogP contribution in [0, 0.1) is 19.7 Å². The average molecular weight is 369 g/mol. The summed E-state index contributed by atoms with van der Waals surface area (Å²) >= 11 is 0. The lowest BCUT2D eigenvalue weighted by Crippen LogP contribution is -2.31. The second-order valence-corrected chi connectivity index (χ2v) is 6.72. The number of aryl methyl sites for hydroxylation is 3. The maximum atomic E-state index is 13.7. The van der Waals surface area contributed by atoms with Gasteiger partial charge in [-0.3, -0.25) is 9.48 Å². The SMILES string of the molecule is Cc1nn(C)c(C)c1CCC(=O)NC(c1cccc(F)c1)c1nccn1C. The van der Waals surface area contributed by atoms with E-state index >= 15 is 0 Å². The Kier molecular flexibility index (Phi) is 5.39. The predicted molar refractivity (Wildman–Crippen MR) is 101 cm³/mol. The maximum Gasteiger partial charge on any atom is 0.221 e. The molecule has 1 atom stereocenters. The van der Waals surface area contributed by atoms with Gasteiger partial charge in [0.2, 0.25) is 5.91 Å². The van der Waals surface area contributed by atoms with Crippen molar-refractivity contribution in [2.75, 3.05) is 0 Å². The van der Waals surface area contributed by atoms with Crippen LogP contribution in [0.5, 0.6) is 0 Å². The molecular weight excluding hydrogens is 345 g/mol. The van der Waals surface area contributed by atoms with Gasteiger partial charge in [0, 0.05) is 38.6 Å². The average Bonchev–Trinajstić information content (AvgIpc) is 3.14. The Morgan fingerprint density at radius 3 is 2.67 bits per heavy atom. The first kappa shape index (κ1) is 18.8. The number of benzene rings is 1. The van der Waals surface area contributed by atoms with Crippen LogP contribution in [-0.2, 0) is 25.3 Å². The topological polar surface area (TPSA) is 64.7 Å². The molecule has 1 amide bonds. The summed E-state index contributed by atoms with van der Waals surface area (Å²) in [6.45, 7) is 3.94. The molecule has 0 fully saturated rings. The predicted octanol–water partition coefficient (Wildman–Crippen LogP) is 2.75. The molecule has 1 unspecified atom stereocenters. The molecule has 7 heteroatoms. The van der Waals surface area contributed by atoms with Crippen LogP contribution in [0.4, 0.5) is 4.39 Å². The van der Waals surface area contributed by atoms with Gasteiger partial charge in [-0.25, -0.2) is 9.37 Å². The molecule has 0 bridgehead atoms. The van der Waals surface area contributed by atoms with Crippen molar-refractivity contribution in [3.63, 3.8) is 0 Å². The second kappa shape index (κ2) is 7.73. The number of carbonyl (C=O) groups excluding carboxylic acids is 1. The maximum absolute atomic E-state index is 13.7. The molecule has 0 saturated carbocycles. The number of imidazole rings is 1. The molecule has 0 aliphatic carbocycles. The quantitative estimate of drug-likeness (QED) is 0.727. The third-order valence-corrected chi connectivity index (χ3v) is 4.86. The zero-order valence-electron chi connectivity index (χ0n) is 16.0. The summed E-state index contributed by atoms with van der Waals surface area (Å²) in [5.74, 6) is 0.195. The standard InChI is InChI=1S/C20H24FN5O/c1-13-17(14(2)26(4)24-13)8-9-18(27)23-19(20-22-10-11-25(20)3)15-6-5-7-16(21)12-15/h5-7,10-12,19H,8-9H2,1-4H3,(H,23,27). The number of aromatic nitrogens is 4. The van der Waals surface area contributed by atoms with Crippen molar-refractivity contribution in [3.8, 4) is 0 Å². The van der Waals surface area contributed by atoms with Crippen LogP contribution in [0.25, 0.3) is 0 Å². The third-order valence-electron chi connectivity index (χ3n) is 4.86. The van der Waals surface area contributed by atoms with Gasteiger partial charge in [0.1, 0.15) is 17.7 Å². The van der Waals surface area contributed by atoms with Crippen LogP contribution in [0.1, 0.15) is 40.8 Å². The van der Waals surface area contributed by atoms with Crippen LogP contribution in [-0.4, -0.2) is 25.2 Å². The van der Waals surface area contributed by atoms with Crippen molar-refractivity contribution in [1.29, 1.82) is 0 Å². The minimum absolute atomic E-state index is 0.116. The summed E-state index contributed by atoms with van der Waals surface area (Å²) in [5.41, 5.74) is 3.75. The number of hydrogen-bond acceptors (Lipinski definition) is 3. The van der Waals surface area contributed by atoms with Crippen LogP contribution in [0.2, 0.25) is 0 Å². The van der Waals surface area contributed by atoms with Gasteiger partial charge in [-0.2, -0.15) is 5.10 Å². The number of nitrogens with one attached hydrogen (secondary N) is 1. The lowest BCUT2D eigenvalue weighted by atomic mass is 10.0. The molecule has 2 heterocycles. The third kappa shape index (κ3) is 4.07. The van der Waals surface area contributed by atoms with E-state index in [1.807, 2.05) is 37.2 Å². The van der Waals surface area contributed by atoms with E-state index in [1.54, 1.807) is 24.5 Å². The normalized spacial score (nSPS) is 12.2. The molecule has 0 aliphatic heterocycles. The van der Waals surface area contributed by atoms with Gasteiger partial charge in [-0.15, -0.1) is 0 Å². The first-order chi connectivity index (χ1) is 12.9. The van der Waals surface area contributed by atoms with Crippen molar-refractivity contribution in [1.82, 2.24) is 24.6 Å². The Hall–Kier alpha value is -2.96. The minimum atomic E-state index is -0.510. The first-order valence-corrected chi connectivity index (χ1v) is 8.88. The lowest BCUT2D eigenvalue weighted by Gasteiger charge is -2.19. The molecule has 1 N–H and O–H groups in total. The summed E-state index contributed by atoms with van der Waals surface area (Å²) in [4.78, 5) is 17.0. The van der Waals surface area contributed by atoms with Crippen LogP contribution in [0.15, 0.2) is 36.7 Å². The first-order valence-electron chi connectivity index (χ1n) is 8.88. The van der Waals surface area contributed by atoms with E-state index in [-0.39, 0.29) is 11.7 Å². The van der Waals surface area contributed by atoms with E-state index in [2.05, 4.69) is 15.4 Å². The molecule has 3 aromatic rings. The fourth-order valence-electron chi connectivity index (χ4n) is 3.29. The van der Waals surface area contributed by atoms with Gasteiger partial charge in [-0.05, 0) is 43.5 Å². The monoisotopic (exact) mass is 369 g/mol. The van der Waals surface area contributed by atoms with Gasteiger partial charge in [0.25, 0.3) is 0 Å². The Labute approximate surface area is 158 Å². The molecule has 0 radical (unpaired) electrons.